The molecule has 71 heavy (non-hydrogen) atoms. The predicted octanol–water partition coefficient (Wildman–Crippen LogP) is 1.03. The first kappa shape index (κ1) is 62.8. The summed E-state index contributed by atoms with van der Waals surface area (Å²) in [6, 6.07) is 6.54. The molecule has 0 radical (unpaired) electrons. The molecule has 6 N–H and O–H groups in total. The number of carboxylic acid groups (broad SMARTS) is 4. The Morgan fingerprint density at radius 2 is 1.04 bits per heavy atom. The second kappa shape index (κ2) is 39.2. The van der Waals surface area contributed by atoms with Crippen molar-refractivity contribution in [3.63, 3.8) is 0 Å². The van der Waals surface area contributed by atoms with Gasteiger partial charge >= 0.3 is 23.9 Å². The number of hydrogen-bond donors (Lipinski definition) is 6. The third-order valence-electron chi connectivity index (χ3n) is 11.6. The maximum absolute atomic E-state index is 13.4. The number of benzene rings is 1. The van der Waals surface area contributed by atoms with Crippen LogP contribution in [0.4, 0.5) is 0 Å². The zero-order valence-corrected chi connectivity index (χ0v) is 42.4. The number of rotatable bonds is 39. The molecule has 0 aromatic heterocycles. The van der Waals surface area contributed by atoms with E-state index < -0.39 is 36.0 Å². The molecule has 1 aromatic carbocycles. The highest BCUT2D eigenvalue weighted by Gasteiger charge is 2.28. The molecule has 22 nitrogen and oxygen atoms in total. The topological polar surface area (TPSA) is 276 Å². The lowest BCUT2D eigenvalue weighted by atomic mass is 9.99. The number of aryl methyl sites for hydroxylation is 1. The van der Waals surface area contributed by atoms with Crippen molar-refractivity contribution < 1.29 is 77.6 Å². The van der Waals surface area contributed by atoms with Gasteiger partial charge in [-0.2, -0.15) is 0 Å². The van der Waals surface area contributed by atoms with Crippen LogP contribution in [0.1, 0.15) is 63.5 Å². The Hall–Kier alpha value is -4.36. The molecule has 1 aliphatic heterocycles. The van der Waals surface area contributed by atoms with Crippen LogP contribution in [0.3, 0.4) is 0 Å². The zero-order chi connectivity index (χ0) is 52.1. The quantitative estimate of drug-likeness (QED) is 0.0503. The molecular formula is C49H84N6O16. The average Bonchev–Trinajstić information content (AvgIpc) is 3.30. The number of carbonyl (C=O) groups is 6. The summed E-state index contributed by atoms with van der Waals surface area (Å²) < 4.78 is 32.4. The molecule has 0 bridgehead atoms. The van der Waals surface area contributed by atoms with Crippen LogP contribution in [-0.4, -0.2) is 246 Å². The highest BCUT2D eigenvalue weighted by Crippen LogP contribution is 2.16. The van der Waals surface area contributed by atoms with Gasteiger partial charge in [-0.15, -0.1) is 0 Å². The van der Waals surface area contributed by atoms with Crippen LogP contribution in [-0.2, 0) is 70.0 Å². The fraction of sp³-hybridized carbons (Fsp3) is 0.755. The molecule has 2 amide bonds. The van der Waals surface area contributed by atoms with Gasteiger partial charge in [-0.1, -0.05) is 51.0 Å². The van der Waals surface area contributed by atoms with Gasteiger partial charge < -0.3 is 59.5 Å². The van der Waals surface area contributed by atoms with Crippen molar-refractivity contribution in [3.05, 3.63) is 35.4 Å². The number of aliphatic carboxylic acids is 4. The van der Waals surface area contributed by atoms with E-state index in [1.807, 2.05) is 24.3 Å². The van der Waals surface area contributed by atoms with E-state index in [9.17, 15) is 49.2 Å². The lowest BCUT2D eigenvalue weighted by molar-refractivity contribution is -0.142. The molecular weight excluding hydrogens is 929 g/mol. The molecule has 1 fully saturated rings. The summed E-state index contributed by atoms with van der Waals surface area (Å²) in [5, 5.41) is 44.7. The second-order valence-corrected chi connectivity index (χ2v) is 18.0. The minimum absolute atomic E-state index is 0.163. The van der Waals surface area contributed by atoms with Crippen molar-refractivity contribution in [3.8, 4) is 0 Å². The first-order valence-corrected chi connectivity index (χ1v) is 25.0. The Bertz CT molecular complexity index is 1640. The van der Waals surface area contributed by atoms with Gasteiger partial charge in [0.1, 0.15) is 6.04 Å². The van der Waals surface area contributed by atoms with Gasteiger partial charge in [0.05, 0.1) is 98.9 Å². The van der Waals surface area contributed by atoms with Crippen LogP contribution in [0, 0.1) is 5.92 Å². The van der Waals surface area contributed by atoms with Crippen LogP contribution in [0.15, 0.2) is 24.3 Å². The summed E-state index contributed by atoms with van der Waals surface area (Å²) in [7, 11) is 1.62. The van der Waals surface area contributed by atoms with Crippen molar-refractivity contribution in [1.29, 1.82) is 0 Å². The zero-order valence-electron chi connectivity index (χ0n) is 42.4. The van der Waals surface area contributed by atoms with E-state index in [1.54, 1.807) is 26.7 Å². The van der Waals surface area contributed by atoms with Crippen LogP contribution < -0.4 is 10.6 Å². The van der Waals surface area contributed by atoms with Crippen LogP contribution in [0.5, 0.6) is 0 Å². The monoisotopic (exact) mass is 1010 g/mol. The molecule has 2 atom stereocenters. The maximum atomic E-state index is 13.4. The van der Waals surface area contributed by atoms with Crippen LogP contribution >= 0.6 is 0 Å². The number of amides is 2. The van der Waals surface area contributed by atoms with E-state index in [2.05, 4.69) is 24.5 Å². The summed E-state index contributed by atoms with van der Waals surface area (Å²) in [4.78, 5) is 80.7. The summed E-state index contributed by atoms with van der Waals surface area (Å²) in [6.45, 7) is 9.38. The minimum atomic E-state index is -1.09. The Morgan fingerprint density at radius 3 is 1.55 bits per heavy atom. The van der Waals surface area contributed by atoms with E-state index >= 15 is 0 Å². The molecule has 0 saturated carbocycles. The number of carbonyl (C=O) groups excluding carboxylic acids is 2. The number of ether oxygens (including phenoxy) is 6. The number of methoxy groups -OCH3 is 1. The minimum Gasteiger partial charge on any atom is -0.480 e. The molecule has 2 rings (SSSR count). The first-order chi connectivity index (χ1) is 34.1. The number of unbranched alkanes of at least 4 members (excludes halogenated alkanes) is 1. The molecule has 1 heterocycles. The summed E-state index contributed by atoms with van der Waals surface area (Å²) in [6.07, 6.45) is 4.94. The Labute approximate surface area is 419 Å². The van der Waals surface area contributed by atoms with Gasteiger partial charge in [0.15, 0.2) is 0 Å². The van der Waals surface area contributed by atoms with Crippen molar-refractivity contribution >= 4 is 35.7 Å². The largest absolute Gasteiger partial charge is 0.480 e. The third kappa shape index (κ3) is 33.1. The van der Waals surface area contributed by atoms with Crippen LogP contribution in [0.2, 0.25) is 0 Å². The van der Waals surface area contributed by atoms with E-state index in [4.69, 9.17) is 28.4 Å². The van der Waals surface area contributed by atoms with Gasteiger partial charge in [-0.3, -0.25) is 48.4 Å². The van der Waals surface area contributed by atoms with Gasteiger partial charge in [0, 0.05) is 71.9 Å². The Kier molecular flexibility index (Phi) is 34.7. The highest BCUT2D eigenvalue weighted by molar-refractivity contribution is 5.87. The standard InChI is InChI=1S/C49H84N6O16/c1-39(2)7-4-5-10-44(56)51-43(49(65)50-15-22-67-25-26-69-29-30-71-32-31-70-28-27-68-24-23-66-3)9-6-8-40-11-13-41(14-12-40)33-42-34-54(37-47(61)62)19-18-52(35-45(57)58)16-17-53(36-46(59)60)20-21-55(42)38-48(63)64/h11-14,39,42-43H,4-10,15-38H2,1-3H3,(H,50,65)(H,51,56)(H,57,58)(H,59,60)(H,61,62)(H,63,64)/t42?,43-/m0/s1. The number of carboxylic acids is 4. The van der Waals surface area contributed by atoms with Crippen LogP contribution in [0.25, 0.3) is 0 Å². The predicted molar refractivity (Wildman–Crippen MR) is 263 cm³/mol. The van der Waals surface area contributed by atoms with E-state index in [0.717, 1.165) is 30.4 Å². The summed E-state index contributed by atoms with van der Waals surface area (Å²) >= 11 is 0. The van der Waals surface area contributed by atoms with E-state index in [1.165, 1.54) is 0 Å². The molecule has 0 aliphatic carbocycles. The van der Waals surface area contributed by atoms with Crippen molar-refractivity contribution in [2.45, 2.75) is 77.3 Å². The van der Waals surface area contributed by atoms with Gasteiger partial charge in [0.25, 0.3) is 0 Å². The SMILES string of the molecule is COCCOCCOCCOCCOCCOCCNC(=O)[C@H](CCCc1ccc(CC2CN(CC(=O)O)CCN(CC(=O)O)CCN(CC(=O)O)CCN2CC(=O)O)cc1)NC(=O)CCCCC(C)C. The Morgan fingerprint density at radius 1 is 0.577 bits per heavy atom. The highest BCUT2D eigenvalue weighted by atomic mass is 16.6. The molecule has 22 heteroatoms. The van der Waals surface area contributed by atoms with Crippen molar-refractivity contribution in [1.82, 2.24) is 30.2 Å². The van der Waals surface area contributed by atoms with Crippen molar-refractivity contribution in [2.75, 3.05) is 158 Å². The maximum Gasteiger partial charge on any atom is 0.317 e. The average molecular weight is 1010 g/mol. The van der Waals surface area contributed by atoms with Gasteiger partial charge in [0.2, 0.25) is 11.8 Å². The fourth-order valence-electron chi connectivity index (χ4n) is 7.85. The smallest absolute Gasteiger partial charge is 0.317 e. The third-order valence-corrected chi connectivity index (χ3v) is 11.6. The first-order valence-electron chi connectivity index (χ1n) is 25.0. The second-order valence-electron chi connectivity index (χ2n) is 18.0. The molecule has 1 aliphatic rings. The fourth-order valence-corrected chi connectivity index (χ4v) is 7.85. The summed E-state index contributed by atoms with van der Waals surface area (Å²) in [5.74, 6) is -4.23. The number of nitrogens with zero attached hydrogens (tertiary/aromatic N) is 4. The molecule has 1 unspecified atom stereocenters. The summed E-state index contributed by atoms with van der Waals surface area (Å²) in [5.41, 5.74) is 1.85. The van der Waals surface area contributed by atoms with E-state index in [0.29, 0.717) is 104 Å². The lowest BCUT2D eigenvalue weighted by Gasteiger charge is -2.37. The number of nitrogens with one attached hydrogen (secondary N) is 2. The van der Waals surface area contributed by atoms with Gasteiger partial charge in [-0.25, -0.2) is 0 Å². The van der Waals surface area contributed by atoms with Gasteiger partial charge in [-0.05, 0) is 49.1 Å². The molecule has 1 aromatic rings. The number of hydrogen-bond acceptors (Lipinski definition) is 16. The van der Waals surface area contributed by atoms with E-state index in [-0.39, 0.29) is 97.0 Å². The molecule has 406 valence electrons. The Balaban J connectivity index is 2.00. The van der Waals surface area contributed by atoms with Crippen molar-refractivity contribution in [2.24, 2.45) is 5.92 Å². The lowest BCUT2D eigenvalue weighted by Crippen LogP contribution is -2.53. The normalized spacial score (nSPS) is 16.3. The molecule has 1 saturated heterocycles. The molecule has 0 spiro atoms.